The Hall–Kier alpha value is -0.250. The predicted octanol–water partition coefficient (Wildman–Crippen LogP) is 1.15. The number of hydrogen-bond acceptors (Lipinski definition) is 4. The smallest absolute Gasteiger partial charge is 0.312 e. The Morgan fingerprint density at radius 2 is 2.08 bits per heavy atom. The van der Waals surface area contributed by atoms with Gasteiger partial charge in [-0.3, -0.25) is 9.36 Å². The van der Waals surface area contributed by atoms with Crippen molar-refractivity contribution in [2.75, 3.05) is 14.2 Å². The molecule has 0 aromatic carbocycles. The van der Waals surface area contributed by atoms with Crippen LogP contribution in [-0.2, 0) is 18.4 Å². The van der Waals surface area contributed by atoms with Gasteiger partial charge in [-0.25, -0.2) is 4.39 Å². The van der Waals surface area contributed by atoms with Crippen molar-refractivity contribution in [3.05, 3.63) is 0 Å². The molecule has 0 heterocycles. The highest BCUT2D eigenvalue weighted by Crippen LogP contribution is 2.66. The summed E-state index contributed by atoms with van der Waals surface area (Å²) in [6.45, 7) is 0. The van der Waals surface area contributed by atoms with Crippen LogP contribution in [0.3, 0.4) is 0 Å². The molecule has 1 rings (SSSR count). The SMILES string of the molecule is COP(=O)(OC)[C@@H]1C[C@@]1(F)C=O. The third-order valence-electron chi connectivity index (χ3n) is 1.99. The molecule has 0 aromatic heterocycles. The number of carbonyl (C=O) groups is 1. The van der Waals surface area contributed by atoms with Crippen LogP contribution in [0.1, 0.15) is 6.42 Å². The summed E-state index contributed by atoms with van der Waals surface area (Å²) in [5.74, 6) is 0. The second-order valence-electron chi connectivity index (χ2n) is 2.67. The second kappa shape index (κ2) is 2.91. The fraction of sp³-hybridized carbons (Fsp3) is 0.833. The highest BCUT2D eigenvalue weighted by molar-refractivity contribution is 7.55. The lowest BCUT2D eigenvalue weighted by Crippen LogP contribution is -2.10. The van der Waals surface area contributed by atoms with Crippen LogP contribution >= 0.6 is 7.60 Å². The van der Waals surface area contributed by atoms with Gasteiger partial charge in [-0.2, -0.15) is 0 Å². The second-order valence-corrected chi connectivity index (χ2v) is 5.10. The van der Waals surface area contributed by atoms with Crippen molar-refractivity contribution in [1.82, 2.24) is 0 Å². The standard InChI is InChI=1S/C6H10FO4P/c1-10-12(9,11-2)5-3-6(5,7)4-8/h4-5H,3H2,1-2H3/t5-,6-/m1/s1. The van der Waals surface area contributed by atoms with Crippen molar-refractivity contribution in [3.8, 4) is 0 Å². The van der Waals surface area contributed by atoms with E-state index in [-0.39, 0.29) is 12.7 Å². The van der Waals surface area contributed by atoms with Gasteiger partial charge in [-0.05, 0) is 0 Å². The van der Waals surface area contributed by atoms with Crippen LogP contribution in [-0.4, -0.2) is 31.8 Å². The van der Waals surface area contributed by atoms with E-state index < -0.39 is 18.9 Å². The minimum atomic E-state index is -3.39. The minimum Gasteiger partial charge on any atom is -0.312 e. The zero-order valence-electron chi connectivity index (χ0n) is 6.82. The molecule has 0 amide bonds. The lowest BCUT2D eigenvalue weighted by molar-refractivity contribution is -0.113. The summed E-state index contributed by atoms with van der Waals surface area (Å²) in [6.07, 6.45) is 0.0812. The van der Waals surface area contributed by atoms with Crippen LogP contribution in [0.2, 0.25) is 0 Å². The maximum Gasteiger partial charge on any atom is 0.337 e. The first-order chi connectivity index (χ1) is 5.52. The average molecular weight is 196 g/mol. The number of halogens is 1. The molecule has 0 saturated heterocycles. The molecule has 1 aliphatic carbocycles. The molecular formula is C6H10FO4P. The Morgan fingerprint density at radius 3 is 2.33 bits per heavy atom. The lowest BCUT2D eigenvalue weighted by atomic mass is 10.4. The first-order valence-electron chi connectivity index (χ1n) is 3.39. The molecule has 0 unspecified atom stereocenters. The van der Waals surface area contributed by atoms with Gasteiger partial charge < -0.3 is 9.05 Å². The molecule has 4 nitrogen and oxygen atoms in total. The van der Waals surface area contributed by atoms with Gasteiger partial charge in [0, 0.05) is 20.6 Å². The lowest BCUT2D eigenvalue weighted by Gasteiger charge is -2.12. The van der Waals surface area contributed by atoms with Crippen molar-refractivity contribution in [2.24, 2.45) is 0 Å². The van der Waals surface area contributed by atoms with E-state index in [0.29, 0.717) is 0 Å². The van der Waals surface area contributed by atoms with Crippen LogP contribution < -0.4 is 0 Å². The van der Waals surface area contributed by atoms with E-state index in [2.05, 4.69) is 9.05 Å². The van der Waals surface area contributed by atoms with E-state index in [1.807, 2.05) is 0 Å². The maximum atomic E-state index is 13.1. The molecule has 6 heteroatoms. The van der Waals surface area contributed by atoms with Gasteiger partial charge in [0.2, 0.25) is 0 Å². The number of alkyl halides is 1. The summed E-state index contributed by atoms with van der Waals surface area (Å²) in [5.41, 5.74) is -2.92. The van der Waals surface area contributed by atoms with Crippen LogP contribution in [0, 0.1) is 0 Å². The van der Waals surface area contributed by atoms with E-state index in [9.17, 15) is 13.8 Å². The normalized spacial score (nSPS) is 34.8. The Kier molecular flexibility index (Phi) is 2.38. The van der Waals surface area contributed by atoms with Crippen molar-refractivity contribution >= 4 is 13.9 Å². The maximum absolute atomic E-state index is 13.1. The Balaban J connectivity index is 2.74. The highest BCUT2D eigenvalue weighted by atomic mass is 31.2. The van der Waals surface area contributed by atoms with Crippen molar-refractivity contribution in [2.45, 2.75) is 17.7 Å². The van der Waals surface area contributed by atoms with Gasteiger partial charge in [0.1, 0.15) is 5.66 Å². The molecule has 0 bridgehead atoms. The molecule has 0 spiro atoms. The van der Waals surface area contributed by atoms with Gasteiger partial charge in [-0.15, -0.1) is 0 Å². The van der Waals surface area contributed by atoms with Crippen LogP contribution in [0.4, 0.5) is 4.39 Å². The van der Waals surface area contributed by atoms with Crippen molar-refractivity contribution in [3.63, 3.8) is 0 Å². The number of hydrogen-bond donors (Lipinski definition) is 0. The predicted molar refractivity (Wildman–Crippen MR) is 39.9 cm³/mol. The number of carbonyl (C=O) groups excluding carboxylic acids is 1. The molecule has 12 heavy (non-hydrogen) atoms. The zero-order chi connectivity index (χ0) is 9.41. The van der Waals surface area contributed by atoms with E-state index in [0.717, 1.165) is 0 Å². The Morgan fingerprint density at radius 1 is 1.58 bits per heavy atom. The average Bonchev–Trinajstić information content (AvgIpc) is 2.78. The molecule has 2 atom stereocenters. The summed E-state index contributed by atoms with van der Waals surface area (Å²) in [4.78, 5) is 10.2. The molecule has 1 saturated carbocycles. The topological polar surface area (TPSA) is 52.6 Å². The minimum absolute atomic E-state index is 0.0740. The summed E-state index contributed by atoms with van der Waals surface area (Å²) in [6, 6.07) is 0. The fourth-order valence-electron chi connectivity index (χ4n) is 1.07. The van der Waals surface area contributed by atoms with Gasteiger partial charge in [0.15, 0.2) is 12.0 Å². The van der Waals surface area contributed by atoms with E-state index in [1.54, 1.807) is 0 Å². The first-order valence-corrected chi connectivity index (χ1v) is 5.00. The molecule has 1 aliphatic rings. The van der Waals surface area contributed by atoms with E-state index >= 15 is 0 Å². The quantitative estimate of drug-likeness (QED) is 0.500. The molecular weight excluding hydrogens is 186 g/mol. The van der Waals surface area contributed by atoms with Crippen molar-refractivity contribution < 1.29 is 22.8 Å². The third kappa shape index (κ3) is 1.32. The Bertz CT molecular complexity index is 236. The van der Waals surface area contributed by atoms with Crippen molar-refractivity contribution in [1.29, 1.82) is 0 Å². The number of rotatable bonds is 4. The Labute approximate surface area is 69.6 Å². The molecule has 0 aromatic rings. The highest BCUT2D eigenvalue weighted by Gasteiger charge is 2.66. The van der Waals surface area contributed by atoms with E-state index in [4.69, 9.17) is 0 Å². The molecule has 0 N–H and O–H groups in total. The molecule has 0 aliphatic heterocycles. The van der Waals surface area contributed by atoms with Gasteiger partial charge in [0.25, 0.3) is 0 Å². The fourth-order valence-corrected chi connectivity index (χ4v) is 2.82. The van der Waals surface area contributed by atoms with Gasteiger partial charge >= 0.3 is 7.60 Å². The third-order valence-corrected chi connectivity index (χ3v) is 4.38. The zero-order valence-corrected chi connectivity index (χ0v) is 7.71. The van der Waals surface area contributed by atoms with Crippen LogP contribution in [0.25, 0.3) is 0 Å². The molecule has 70 valence electrons. The summed E-state index contributed by atoms with van der Waals surface area (Å²) >= 11 is 0. The first kappa shape index (κ1) is 9.84. The molecule has 0 radical (unpaired) electrons. The summed E-state index contributed by atoms with van der Waals surface area (Å²) < 4.78 is 33.6. The van der Waals surface area contributed by atoms with Crippen LogP contribution in [0.15, 0.2) is 0 Å². The van der Waals surface area contributed by atoms with Gasteiger partial charge in [0.05, 0.1) is 0 Å². The molecule has 1 fully saturated rings. The number of aldehydes is 1. The monoisotopic (exact) mass is 196 g/mol. The van der Waals surface area contributed by atoms with Crippen LogP contribution in [0.5, 0.6) is 0 Å². The largest absolute Gasteiger partial charge is 0.337 e. The summed E-state index contributed by atoms with van der Waals surface area (Å²) in [7, 11) is -1.04. The van der Waals surface area contributed by atoms with Gasteiger partial charge in [-0.1, -0.05) is 0 Å². The summed E-state index contributed by atoms with van der Waals surface area (Å²) in [5, 5.41) is 0. The van der Waals surface area contributed by atoms with E-state index in [1.165, 1.54) is 14.2 Å².